The molecular weight excluding hydrogens is 336 g/mol. The normalized spacial score (nSPS) is 11.2. The van der Waals surface area contributed by atoms with Crippen molar-refractivity contribution in [1.82, 2.24) is 9.55 Å². The summed E-state index contributed by atoms with van der Waals surface area (Å²) in [5.74, 6) is 1.33. The molecule has 0 N–H and O–H groups in total. The fraction of sp³-hybridized carbons (Fsp3) is 0.188. The third kappa shape index (κ3) is 2.48. The van der Waals surface area contributed by atoms with Gasteiger partial charge in [-0.1, -0.05) is 40.2 Å². The van der Waals surface area contributed by atoms with Gasteiger partial charge < -0.3 is 4.57 Å². The SMILES string of the molecule is Cc1cccc2nc(CCl)n(Cc3cccc(Br)c3)c12. The van der Waals surface area contributed by atoms with Crippen molar-refractivity contribution < 1.29 is 0 Å². The molecule has 102 valence electrons. The monoisotopic (exact) mass is 348 g/mol. The zero-order chi connectivity index (χ0) is 14.1. The first kappa shape index (κ1) is 13.7. The molecule has 3 aromatic rings. The molecule has 0 aliphatic heterocycles. The number of fused-ring (bicyclic) bond motifs is 1. The number of halogens is 2. The number of imidazole rings is 1. The first-order chi connectivity index (χ1) is 9.69. The largest absolute Gasteiger partial charge is 0.322 e. The van der Waals surface area contributed by atoms with E-state index in [1.54, 1.807) is 0 Å². The molecule has 2 aromatic carbocycles. The molecule has 1 heterocycles. The maximum atomic E-state index is 6.06. The van der Waals surface area contributed by atoms with Gasteiger partial charge in [-0.2, -0.15) is 0 Å². The summed E-state index contributed by atoms with van der Waals surface area (Å²) >= 11 is 9.58. The molecule has 0 saturated carbocycles. The highest BCUT2D eigenvalue weighted by Gasteiger charge is 2.12. The molecule has 0 radical (unpaired) electrons. The van der Waals surface area contributed by atoms with E-state index in [-0.39, 0.29) is 0 Å². The Kier molecular flexibility index (Phi) is 3.81. The molecule has 3 rings (SSSR count). The highest BCUT2D eigenvalue weighted by molar-refractivity contribution is 9.10. The van der Waals surface area contributed by atoms with Gasteiger partial charge in [0.15, 0.2) is 0 Å². The summed E-state index contributed by atoms with van der Waals surface area (Å²) in [6.45, 7) is 2.89. The lowest BCUT2D eigenvalue weighted by atomic mass is 10.2. The Hall–Kier alpha value is -1.32. The van der Waals surface area contributed by atoms with Crippen LogP contribution in [0.25, 0.3) is 11.0 Å². The molecule has 0 aliphatic rings. The number of rotatable bonds is 3. The topological polar surface area (TPSA) is 17.8 Å². The second-order valence-electron chi connectivity index (χ2n) is 4.82. The van der Waals surface area contributed by atoms with Crippen molar-refractivity contribution in [1.29, 1.82) is 0 Å². The van der Waals surface area contributed by atoms with Crippen LogP contribution in [0.4, 0.5) is 0 Å². The number of aryl methyl sites for hydroxylation is 1. The molecule has 0 saturated heterocycles. The van der Waals surface area contributed by atoms with E-state index in [0.29, 0.717) is 5.88 Å². The van der Waals surface area contributed by atoms with E-state index in [2.05, 4.69) is 50.6 Å². The Morgan fingerprint density at radius 2 is 2.00 bits per heavy atom. The van der Waals surface area contributed by atoms with Crippen molar-refractivity contribution in [3.63, 3.8) is 0 Å². The molecule has 0 aliphatic carbocycles. The summed E-state index contributed by atoms with van der Waals surface area (Å²) in [5, 5.41) is 0. The van der Waals surface area contributed by atoms with Gasteiger partial charge >= 0.3 is 0 Å². The molecule has 0 amide bonds. The van der Waals surface area contributed by atoms with Gasteiger partial charge in [0.25, 0.3) is 0 Å². The number of hydrogen-bond donors (Lipinski definition) is 0. The summed E-state index contributed by atoms with van der Waals surface area (Å²) in [6, 6.07) is 14.5. The number of benzene rings is 2. The Labute approximate surface area is 131 Å². The average Bonchev–Trinajstić information content (AvgIpc) is 2.78. The van der Waals surface area contributed by atoms with E-state index in [0.717, 1.165) is 22.4 Å². The second-order valence-corrected chi connectivity index (χ2v) is 6.00. The molecule has 1 aromatic heterocycles. The Morgan fingerprint density at radius 1 is 1.20 bits per heavy atom. The van der Waals surface area contributed by atoms with Crippen LogP contribution in [0.15, 0.2) is 46.9 Å². The summed E-state index contributed by atoms with van der Waals surface area (Å²) in [5.41, 5.74) is 4.63. The van der Waals surface area contributed by atoms with Crippen LogP contribution in [-0.2, 0) is 12.4 Å². The van der Waals surface area contributed by atoms with Crippen molar-refractivity contribution in [2.24, 2.45) is 0 Å². The number of alkyl halides is 1. The summed E-state index contributed by atoms with van der Waals surface area (Å²) < 4.78 is 3.29. The summed E-state index contributed by atoms with van der Waals surface area (Å²) in [6.07, 6.45) is 0. The maximum Gasteiger partial charge on any atom is 0.125 e. The first-order valence-corrected chi connectivity index (χ1v) is 7.77. The number of hydrogen-bond acceptors (Lipinski definition) is 1. The lowest BCUT2D eigenvalue weighted by Crippen LogP contribution is -2.04. The maximum absolute atomic E-state index is 6.06. The number of aromatic nitrogens is 2. The molecule has 4 heteroatoms. The van der Waals surface area contributed by atoms with Gasteiger partial charge in [-0.25, -0.2) is 4.98 Å². The summed E-state index contributed by atoms with van der Waals surface area (Å²) in [7, 11) is 0. The third-order valence-electron chi connectivity index (χ3n) is 3.40. The molecular formula is C16H14BrClN2. The zero-order valence-corrected chi connectivity index (χ0v) is 13.4. The lowest BCUT2D eigenvalue weighted by molar-refractivity contribution is 0.776. The minimum atomic E-state index is 0.419. The number of nitrogens with zero attached hydrogens (tertiary/aromatic N) is 2. The fourth-order valence-corrected chi connectivity index (χ4v) is 3.15. The van der Waals surface area contributed by atoms with Crippen molar-refractivity contribution in [3.8, 4) is 0 Å². The molecule has 20 heavy (non-hydrogen) atoms. The summed E-state index contributed by atoms with van der Waals surface area (Å²) in [4.78, 5) is 4.63. The minimum absolute atomic E-state index is 0.419. The highest BCUT2D eigenvalue weighted by atomic mass is 79.9. The van der Waals surface area contributed by atoms with Crippen molar-refractivity contribution in [2.45, 2.75) is 19.3 Å². The van der Waals surface area contributed by atoms with E-state index < -0.39 is 0 Å². The van der Waals surface area contributed by atoms with Crippen LogP contribution in [0.3, 0.4) is 0 Å². The van der Waals surface area contributed by atoms with E-state index in [4.69, 9.17) is 11.6 Å². The van der Waals surface area contributed by atoms with Crippen LogP contribution in [0.2, 0.25) is 0 Å². The molecule has 0 unspecified atom stereocenters. The van der Waals surface area contributed by atoms with Crippen molar-refractivity contribution >= 4 is 38.6 Å². The van der Waals surface area contributed by atoms with Gasteiger partial charge in [0.05, 0.1) is 16.9 Å². The van der Waals surface area contributed by atoms with Crippen molar-refractivity contribution in [2.75, 3.05) is 0 Å². The predicted molar refractivity (Wildman–Crippen MR) is 87.3 cm³/mol. The van der Waals surface area contributed by atoms with Crippen LogP contribution in [0, 0.1) is 6.92 Å². The first-order valence-electron chi connectivity index (χ1n) is 6.44. The van der Waals surface area contributed by atoms with E-state index in [9.17, 15) is 0 Å². The van der Waals surface area contributed by atoms with Gasteiger partial charge in [0, 0.05) is 11.0 Å². The molecule has 0 atom stereocenters. The molecule has 2 nitrogen and oxygen atoms in total. The lowest BCUT2D eigenvalue weighted by Gasteiger charge is -2.09. The van der Waals surface area contributed by atoms with Crippen LogP contribution in [-0.4, -0.2) is 9.55 Å². The number of para-hydroxylation sites is 1. The average molecular weight is 350 g/mol. The minimum Gasteiger partial charge on any atom is -0.322 e. The smallest absolute Gasteiger partial charge is 0.125 e. The van der Waals surface area contributed by atoms with E-state index in [1.807, 2.05) is 24.3 Å². The fourth-order valence-electron chi connectivity index (χ4n) is 2.50. The zero-order valence-electron chi connectivity index (χ0n) is 11.1. The quantitative estimate of drug-likeness (QED) is 0.615. The van der Waals surface area contributed by atoms with Gasteiger partial charge in [-0.15, -0.1) is 11.6 Å². The standard InChI is InChI=1S/C16H14BrClN2/c1-11-4-2-7-14-16(11)20(15(9-18)19-14)10-12-5-3-6-13(17)8-12/h2-8H,9-10H2,1H3. The van der Waals surface area contributed by atoms with E-state index >= 15 is 0 Å². The van der Waals surface area contributed by atoms with Crippen LogP contribution in [0.5, 0.6) is 0 Å². The Balaban J connectivity index is 2.14. The Bertz CT molecular complexity index is 764. The molecule has 0 fully saturated rings. The predicted octanol–water partition coefficient (Wildman–Crippen LogP) is 4.89. The molecule has 0 bridgehead atoms. The van der Waals surface area contributed by atoms with Gasteiger partial charge in [0.1, 0.15) is 5.82 Å². The molecule has 0 spiro atoms. The van der Waals surface area contributed by atoms with Crippen LogP contribution >= 0.6 is 27.5 Å². The van der Waals surface area contributed by atoms with E-state index in [1.165, 1.54) is 16.6 Å². The van der Waals surface area contributed by atoms with Gasteiger partial charge in [-0.3, -0.25) is 0 Å². The highest BCUT2D eigenvalue weighted by Crippen LogP contribution is 2.23. The van der Waals surface area contributed by atoms with Crippen molar-refractivity contribution in [3.05, 3.63) is 63.9 Å². The Morgan fingerprint density at radius 3 is 2.75 bits per heavy atom. The van der Waals surface area contributed by atoms with Gasteiger partial charge in [0.2, 0.25) is 0 Å². The van der Waals surface area contributed by atoms with Crippen LogP contribution < -0.4 is 0 Å². The third-order valence-corrected chi connectivity index (χ3v) is 4.13. The van der Waals surface area contributed by atoms with Crippen LogP contribution in [0.1, 0.15) is 17.0 Å². The van der Waals surface area contributed by atoms with Gasteiger partial charge in [-0.05, 0) is 36.2 Å². The second kappa shape index (κ2) is 5.58.